The molecule has 82 valence electrons. The predicted molar refractivity (Wildman–Crippen MR) is 64.8 cm³/mol. The van der Waals surface area contributed by atoms with E-state index in [1.807, 2.05) is 24.3 Å². The summed E-state index contributed by atoms with van der Waals surface area (Å²) < 4.78 is 12.7. The lowest BCUT2D eigenvalue weighted by Gasteiger charge is -1.86. The molecule has 17 heavy (non-hydrogen) atoms. The first kappa shape index (κ1) is 8.89. The second-order valence-corrected chi connectivity index (χ2v) is 4.21. The van der Waals surface area contributed by atoms with Crippen molar-refractivity contribution < 1.29 is 4.42 Å². The fourth-order valence-electron chi connectivity index (χ4n) is 1.82. The summed E-state index contributed by atoms with van der Waals surface area (Å²) in [6.07, 6.45) is 1.61. The van der Waals surface area contributed by atoms with Crippen LogP contribution in [-0.2, 0) is 0 Å². The molecule has 1 N–H and O–H groups in total. The topological polar surface area (TPSA) is 67.6 Å². The molecule has 1 aromatic carbocycles. The third-order valence-electron chi connectivity index (χ3n) is 2.61. The second kappa shape index (κ2) is 3.14. The van der Waals surface area contributed by atoms with Gasteiger partial charge in [-0.25, -0.2) is 9.97 Å². The van der Waals surface area contributed by atoms with Gasteiger partial charge in [0.25, 0.3) is 0 Å². The van der Waals surface area contributed by atoms with Gasteiger partial charge in [-0.3, -0.25) is 4.37 Å². The SMILES string of the molecule is c1coc(-c2nc3ccc4[nH]snc4c3n2)c1. The number of hydrogen-bond donors (Lipinski definition) is 1. The summed E-state index contributed by atoms with van der Waals surface area (Å²) in [6.45, 7) is 0. The van der Waals surface area contributed by atoms with Gasteiger partial charge in [0.15, 0.2) is 11.6 Å². The number of rotatable bonds is 1. The molecule has 0 fully saturated rings. The van der Waals surface area contributed by atoms with Gasteiger partial charge in [-0.05, 0) is 24.3 Å². The summed E-state index contributed by atoms with van der Waals surface area (Å²) in [5.41, 5.74) is 3.49. The molecule has 0 atom stereocenters. The molecule has 4 rings (SSSR count). The van der Waals surface area contributed by atoms with E-state index in [4.69, 9.17) is 4.42 Å². The Morgan fingerprint density at radius 2 is 2.12 bits per heavy atom. The smallest absolute Gasteiger partial charge is 0.196 e. The highest BCUT2D eigenvalue weighted by Crippen LogP contribution is 2.25. The zero-order chi connectivity index (χ0) is 11.2. The fourth-order valence-corrected chi connectivity index (χ4v) is 2.41. The molecule has 0 aliphatic heterocycles. The number of aromatic amines is 1. The van der Waals surface area contributed by atoms with Crippen molar-refractivity contribution in [1.29, 1.82) is 0 Å². The minimum absolute atomic E-state index is 0.602. The molecule has 6 heteroatoms. The lowest BCUT2D eigenvalue weighted by molar-refractivity contribution is 0.578. The molecule has 0 aliphatic rings. The molecule has 0 unspecified atom stereocenters. The van der Waals surface area contributed by atoms with Gasteiger partial charge in [0.05, 0.1) is 17.3 Å². The van der Waals surface area contributed by atoms with Crippen LogP contribution >= 0.6 is 11.7 Å². The van der Waals surface area contributed by atoms with E-state index in [0.29, 0.717) is 11.6 Å². The van der Waals surface area contributed by atoms with Crippen molar-refractivity contribution in [3.8, 4) is 11.6 Å². The highest BCUT2D eigenvalue weighted by molar-refractivity contribution is 7.00. The number of benzene rings is 1. The van der Waals surface area contributed by atoms with Gasteiger partial charge in [-0.1, -0.05) is 0 Å². The van der Waals surface area contributed by atoms with Crippen molar-refractivity contribution in [2.75, 3.05) is 0 Å². The van der Waals surface area contributed by atoms with Crippen LogP contribution in [-0.4, -0.2) is 18.7 Å². The first-order valence-corrected chi connectivity index (χ1v) is 5.83. The number of nitrogens with one attached hydrogen (secondary N) is 1. The van der Waals surface area contributed by atoms with Crippen LogP contribution in [0.15, 0.2) is 34.9 Å². The average Bonchev–Trinajstić information content (AvgIpc) is 3.08. The monoisotopic (exact) mass is 242 g/mol. The molecule has 0 radical (unpaired) electrons. The molecule has 0 bridgehead atoms. The Hall–Kier alpha value is -2.21. The minimum Gasteiger partial charge on any atom is -0.461 e. The Kier molecular flexibility index (Phi) is 1.64. The van der Waals surface area contributed by atoms with Gasteiger partial charge in [-0.2, -0.15) is 4.37 Å². The molecular formula is C11H6N4OS. The number of nitrogens with zero attached hydrogens (tertiary/aromatic N) is 3. The van der Waals surface area contributed by atoms with E-state index in [2.05, 4.69) is 18.7 Å². The van der Waals surface area contributed by atoms with Gasteiger partial charge in [0, 0.05) is 11.7 Å². The molecular weight excluding hydrogens is 236 g/mol. The van der Waals surface area contributed by atoms with E-state index in [0.717, 1.165) is 22.1 Å². The number of imidazole rings is 1. The van der Waals surface area contributed by atoms with E-state index in [-0.39, 0.29) is 0 Å². The van der Waals surface area contributed by atoms with Crippen molar-refractivity contribution in [2.45, 2.75) is 0 Å². The third-order valence-corrected chi connectivity index (χ3v) is 3.19. The van der Waals surface area contributed by atoms with Crippen molar-refractivity contribution in [3.63, 3.8) is 0 Å². The van der Waals surface area contributed by atoms with Crippen LogP contribution in [0.5, 0.6) is 0 Å². The first-order chi connectivity index (χ1) is 8.42. The van der Waals surface area contributed by atoms with E-state index in [1.165, 1.54) is 11.7 Å². The second-order valence-electron chi connectivity index (χ2n) is 3.64. The minimum atomic E-state index is 0.602. The van der Waals surface area contributed by atoms with Crippen LogP contribution in [0.25, 0.3) is 33.7 Å². The summed E-state index contributed by atoms with van der Waals surface area (Å²) in [7, 11) is 0. The zero-order valence-electron chi connectivity index (χ0n) is 8.54. The highest BCUT2D eigenvalue weighted by atomic mass is 32.1. The van der Waals surface area contributed by atoms with Crippen LogP contribution in [0.3, 0.4) is 0 Å². The lowest BCUT2D eigenvalue weighted by atomic mass is 10.3. The Morgan fingerprint density at radius 3 is 3.00 bits per heavy atom. The van der Waals surface area contributed by atoms with Crippen molar-refractivity contribution in [1.82, 2.24) is 18.7 Å². The molecule has 0 amide bonds. The van der Waals surface area contributed by atoms with Gasteiger partial charge in [0.2, 0.25) is 0 Å². The maximum absolute atomic E-state index is 5.29. The van der Waals surface area contributed by atoms with Crippen LogP contribution in [0.4, 0.5) is 0 Å². The fraction of sp³-hybridized carbons (Fsp3) is 0. The summed E-state index contributed by atoms with van der Waals surface area (Å²) in [4.78, 5) is 8.91. The molecule has 5 nitrogen and oxygen atoms in total. The Balaban J connectivity index is 2.09. The summed E-state index contributed by atoms with van der Waals surface area (Å²) in [6, 6.07) is 7.56. The number of hydrogen-bond acceptors (Lipinski definition) is 5. The maximum atomic E-state index is 5.29. The van der Waals surface area contributed by atoms with Crippen LogP contribution < -0.4 is 0 Å². The van der Waals surface area contributed by atoms with Gasteiger partial charge in [0.1, 0.15) is 11.0 Å². The van der Waals surface area contributed by atoms with E-state index in [1.54, 1.807) is 6.26 Å². The number of aromatic nitrogens is 4. The molecule has 0 saturated heterocycles. The standard InChI is InChI=1S/C11H6N4OS/c1-2-8(16-5-1)11-12-6-3-4-7-10(9(6)13-11)15-17-14-7/h1-5,14H. The summed E-state index contributed by atoms with van der Waals surface area (Å²) in [5.74, 6) is 1.28. The van der Waals surface area contributed by atoms with Crippen molar-refractivity contribution in [3.05, 3.63) is 30.5 Å². The molecule has 3 aromatic heterocycles. The number of H-pyrrole nitrogens is 1. The normalized spacial score (nSPS) is 11.5. The number of fused-ring (bicyclic) bond motifs is 3. The molecule has 0 aliphatic carbocycles. The van der Waals surface area contributed by atoms with Crippen LogP contribution in [0.1, 0.15) is 0 Å². The molecule has 3 heterocycles. The maximum Gasteiger partial charge on any atom is 0.196 e. The quantitative estimate of drug-likeness (QED) is 0.557. The van der Waals surface area contributed by atoms with Crippen LogP contribution in [0.2, 0.25) is 0 Å². The zero-order valence-corrected chi connectivity index (χ0v) is 9.36. The first-order valence-electron chi connectivity index (χ1n) is 5.06. The van der Waals surface area contributed by atoms with Crippen LogP contribution in [0, 0.1) is 0 Å². The molecule has 0 spiro atoms. The molecule has 4 aromatic rings. The average molecular weight is 242 g/mol. The third kappa shape index (κ3) is 1.21. The largest absolute Gasteiger partial charge is 0.461 e. The van der Waals surface area contributed by atoms with E-state index < -0.39 is 0 Å². The number of furan rings is 1. The summed E-state index contributed by atoms with van der Waals surface area (Å²) >= 11 is 1.31. The van der Waals surface area contributed by atoms with E-state index >= 15 is 0 Å². The van der Waals surface area contributed by atoms with Crippen molar-refractivity contribution >= 4 is 33.8 Å². The highest BCUT2D eigenvalue weighted by Gasteiger charge is 2.12. The Labute approximate surface area is 99.4 Å². The van der Waals surface area contributed by atoms with Crippen molar-refractivity contribution in [2.24, 2.45) is 0 Å². The molecule has 0 saturated carbocycles. The summed E-state index contributed by atoms with van der Waals surface area (Å²) in [5, 5.41) is 0. The Bertz CT molecular complexity index is 799. The van der Waals surface area contributed by atoms with Gasteiger partial charge in [-0.15, -0.1) is 0 Å². The van der Waals surface area contributed by atoms with Gasteiger partial charge < -0.3 is 4.42 Å². The van der Waals surface area contributed by atoms with E-state index in [9.17, 15) is 0 Å². The predicted octanol–water partition coefficient (Wildman–Crippen LogP) is 2.83. The lowest BCUT2D eigenvalue weighted by Crippen LogP contribution is -1.74. The van der Waals surface area contributed by atoms with Gasteiger partial charge >= 0.3 is 0 Å². The Morgan fingerprint density at radius 1 is 1.12 bits per heavy atom.